The number of hydrogen-bond donors (Lipinski definition) is 0. The lowest BCUT2D eigenvalue weighted by Crippen LogP contribution is -2.30. The molecule has 0 bridgehead atoms. The summed E-state index contributed by atoms with van der Waals surface area (Å²) in [4.78, 5) is 38.2. The van der Waals surface area contributed by atoms with Crippen LogP contribution in [0.3, 0.4) is 0 Å². The molecular formula is C69H116O6. The van der Waals surface area contributed by atoms with Crippen LogP contribution in [0, 0.1) is 0 Å². The molecule has 0 amide bonds. The highest BCUT2D eigenvalue weighted by atomic mass is 16.6. The van der Waals surface area contributed by atoms with Gasteiger partial charge in [0.2, 0.25) is 0 Å². The topological polar surface area (TPSA) is 78.9 Å². The van der Waals surface area contributed by atoms with Gasteiger partial charge < -0.3 is 14.2 Å². The zero-order valence-electron chi connectivity index (χ0n) is 49.0. The van der Waals surface area contributed by atoms with E-state index in [1.807, 2.05) is 6.08 Å². The van der Waals surface area contributed by atoms with Crippen molar-refractivity contribution >= 4 is 17.9 Å². The molecule has 75 heavy (non-hydrogen) atoms. The molecule has 0 aromatic carbocycles. The summed E-state index contributed by atoms with van der Waals surface area (Å²) in [6.07, 6.45) is 85.4. The van der Waals surface area contributed by atoms with Crippen LogP contribution in [0.15, 0.2) is 109 Å². The van der Waals surface area contributed by atoms with Gasteiger partial charge in [-0.25, -0.2) is 0 Å². The lowest BCUT2D eigenvalue weighted by molar-refractivity contribution is -0.166. The summed E-state index contributed by atoms with van der Waals surface area (Å²) in [5.41, 5.74) is 0. The molecule has 6 heteroatoms. The number of ether oxygens (including phenoxy) is 3. The zero-order valence-corrected chi connectivity index (χ0v) is 49.0. The van der Waals surface area contributed by atoms with E-state index in [4.69, 9.17) is 14.2 Å². The molecule has 0 aromatic heterocycles. The molecule has 0 aliphatic carbocycles. The van der Waals surface area contributed by atoms with Gasteiger partial charge in [-0.3, -0.25) is 14.4 Å². The number of hydrogen-bond acceptors (Lipinski definition) is 6. The average Bonchev–Trinajstić information content (AvgIpc) is 3.41. The van der Waals surface area contributed by atoms with E-state index >= 15 is 0 Å². The molecule has 0 heterocycles. The van der Waals surface area contributed by atoms with Crippen molar-refractivity contribution in [1.82, 2.24) is 0 Å². The van der Waals surface area contributed by atoms with Crippen molar-refractivity contribution in [2.75, 3.05) is 13.2 Å². The summed E-state index contributed by atoms with van der Waals surface area (Å²) in [6.45, 7) is 6.36. The lowest BCUT2D eigenvalue weighted by Gasteiger charge is -2.18. The van der Waals surface area contributed by atoms with Crippen molar-refractivity contribution in [3.63, 3.8) is 0 Å². The van der Waals surface area contributed by atoms with E-state index in [2.05, 4.69) is 124 Å². The molecule has 0 aliphatic heterocycles. The zero-order chi connectivity index (χ0) is 54.3. The first-order valence-electron chi connectivity index (χ1n) is 31.4. The van der Waals surface area contributed by atoms with E-state index in [-0.39, 0.29) is 37.5 Å². The Morgan fingerprint density at radius 2 is 0.547 bits per heavy atom. The van der Waals surface area contributed by atoms with Gasteiger partial charge in [0.1, 0.15) is 13.2 Å². The van der Waals surface area contributed by atoms with Gasteiger partial charge in [0.05, 0.1) is 0 Å². The van der Waals surface area contributed by atoms with E-state index < -0.39 is 6.10 Å². The summed E-state index contributed by atoms with van der Waals surface area (Å²) < 4.78 is 16.8. The van der Waals surface area contributed by atoms with Crippen molar-refractivity contribution in [2.45, 2.75) is 297 Å². The van der Waals surface area contributed by atoms with Gasteiger partial charge in [-0.1, -0.05) is 271 Å². The highest BCUT2D eigenvalue weighted by molar-refractivity contribution is 5.71. The molecule has 428 valence electrons. The molecule has 0 N–H and O–H groups in total. The van der Waals surface area contributed by atoms with Gasteiger partial charge in [-0.05, 0) is 109 Å². The van der Waals surface area contributed by atoms with Crippen molar-refractivity contribution in [2.24, 2.45) is 0 Å². The molecule has 0 saturated heterocycles. The van der Waals surface area contributed by atoms with Crippen LogP contribution in [-0.4, -0.2) is 37.2 Å². The summed E-state index contributed by atoms with van der Waals surface area (Å²) in [5, 5.41) is 0. The molecule has 0 aromatic rings. The second-order valence-electron chi connectivity index (χ2n) is 20.5. The minimum absolute atomic E-state index is 0.102. The largest absolute Gasteiger partial charge is 0.462 e. The minimum Gasteiger partial charge on any atom is -0.462 e. The maximum atomic E-state index is 12.9. The fourth-order valence-electron chi connectivity index (χ4n) is 8.62. The van der Waals surface area contributed by atoms with Crippen LogP contribution in [0.2, 0.25) is 0 Å². The van der Waals surface area contributed by atoms with Gasteiger partial charge in [0.15, 0.2) is 6.10 Å². The highest BCUT2D eigenvalue weighted by Crippen LogP contribution is 2.16. The minimum atomic E-state index is -0.810. The third-order valence-electron chi connectivity index (χ3n) is 13.3. The van der Waals surface area contributed by atoms with Crippen LogP contribution < -0.4 is 0 Å². The number of rotatable bonds is 56. The lowest BCUT2D eigenvalue weighted by atomic mass is 10.0. The fourth-order valence-corrected chi connectivity index (χ4v) is 8.62. The third kappa shape index (κ3) is 60.8. The molecule has 0 aliphatic rings. The van der Waals surface area contributed by atoms with E-state index in [1.54, 1.807) is 0 Å². The first-order chi connectivity index (χ1) is 37.0. The number of unbranched alkanes of at least 4 members (excludes halogenated alkanes) is 27. The predicted molar refractivity (Wildman–Crippen MR) is 325 cm³/mol. The molecule has 6 nitrogen and oxygen atoms in total. The maximum absolute atomic E-state index is 12.9. The number of esters is 3. The van der Waals surface area contributed by atoms with Crippen molar-refractivity contribution in [3.05, 3.63) is 109 Å². The van der Waals surface area contributed by atoms with E-state index in [9.17, 15) is 14.4 Å². The Kier molecular flexibility index (Phi) is 59.3. The smallest absolute Gasteiger partial charge is 0.306 e. The summed E-state index contributed by atoms with van der Waals surface area (Å²) >= 11 is 0. The van der Waals surface area contributed by atoms with Gasteiger partial charge in [0, 0.05) is 19.3 Å². The Bertz CT molecular complexity index is 1520. The van der Waals surface area contributed by atoms with Crippen LogP contribution in [0.1, 0.15) is 290 Å². The van der Waals surface area contributed by atoms with E-state index in [0.717, 1.165) is 89.9 Å². The van der Waals surface area contributed by atoms with E-state index in [1.165, 1.54) is 154 Å². The Balaban J connectivity index is 4.35. The first kappa shape index (κ1) is 71.1. The van der Waals surface area contributed by atoms with Crippen molar-refractivity contribution in [1.29, 1.82) is 0 Å². The van der Waals surface area contributed by atoms with Gasteiger partial charge in [-0.15, -0.1) is 0 Å². The Morgan fingerprint density at radius 1 is 0.280 bits per heavy atom. The molecule has 0 rings (SSSR count). The average molecular weight is 1040 g/mol. The summed E-state index contributed by atoms with van der Waals surface area (Å²) in [6, 6.07) is 0. The normalized spacial score (nSPS) is 12.8. The maximum Gasteiger partial charge on any atom is 0.306 e. The molecule has 0 fully saturated rings. The highest BCUT2D eigenvalue weighted by Gasteiger charge is 2.19. The number of carbonyl (C=O) groups excluding carboxylic acids is 3. The molecular weight excluding hydrogens is 925 g/mol. The molecule has 0 spiro atoms. The molecule has 0 saturated carbocycles. The van der Waals surface area contributed by atoms with Crippen molar-refractivity contribution in [3.8, 4) is 0 Å². The van der Waals surface area contributed by atoms with Crippen LogP contribution in [0.5, 0.6) is 0 Å². The quantitative estimate of drug-likeness (QED) is 0.0261. The van der Waals surface area contributed by atoms with Crippen LogP contribution in [0.4, 0.5) is 0 Å². The molecule has 1 unspecified atom stereocenters. The summed E-state index contributed by atoms with van der Waals surface area (Å²) in [5.74, 6) is -0.984. The van der Waals surface area contributed by atoms with Crippen LogP contribution >= 0.6 is 0 Å². The molecule has 1 atom stereocenters. The van der Waals surface area contributed by atoms with Gasteiger partial charge in [-0.2, -0.15) is 0 Å². The van der Waals surface area contributed by atoms with Crippen LogP contribution in [0.25, 0.3) is 0 Å². The summed E-state index contributed by atoms with van der Waals surface area (Å²) in [7, 11) is 0. The predicted octanol–water partition coefficient (Wildman–Crippen LogP) is 21.4. The van der Waals surface area contributed by atoms with Gasteiger partial charge >= 0.3 is 17.9 Å². The monoisotopic (exact) mass is 1040 g/mol. The third-order valence-corrected chi connectivity index (χ3v) is 13.3. The van der Waals surface area contributed by atoms with E-state index in [0.29, 0.717) is 19.3 Å². The van der Waals surface area contributed by atoms with Crippen LogP contribution in [-0.2, 0) is 28.6 Å². The second-order valence-corrected chi connectivity index (χ2v) is 20.5. The second kappa shape index (κ2) is 62.6. The first-order valence-corrected chi connectivity index (χ1v) is 31.4. The SMILES string of the molecule is CC/C=C\C/C=C\C/C=C\C/C=C\CCCCCCCCCCCCCCC(=O)OCC(COC(=O)CC/C=C\C/C=C\C/C=C\C/C=C\CC)OC(=O)CCCCCCCCCCC/C=C\CCCCCCCC. The standard InChI is InChI=1S/C69H116O6/c1-4-7-10-13-16-19-22-25-27-29-31-32-33-34-35-36-38-39-41-44-47-50-53-56-59-62-68(71)74-65-66(64-73-67(70)61-58-55-52-49-46-43-24-21-18-15-12-9-6-3)75-69(72)63-60-57-54-51-48-45-42-40-37-30-28-26-23-20-17-14-11-8-5-2/h7,9-10,12,16,18-19,21,25-28,31-32,43,46,52,55,66H,4-6,8,11,13-15,17,20,22-24,29-30,33-42,44-45,47-51,53-54,56-65H2,1-3H3/b10-7-,12-9-,19-16-,21-18-,27-25-,28-26-,32-31-,46-43-,55-52-. The Morgan fingerprint density at radius 3 is 0.907 bits per heavy atom. The number of carbonyl (C=O) groups is 3. The molecule has 0 radical (unpaired) electrons. The Labute approximate surface area is 463 Å². The Hall–Kier alpha value is -3.93. The van der Waals surface area contributed by atoms with Crippen molar-refractivity contribution < 1.29 is 28.6 Å². The number of allylic oxidation sites excluding steroid dienone is 18. The fraction of sp³-hybridized carbons (Fsp3) is 0.696. The van der Waals surface area contributed by atoms with Gasteiger partial charge in [0.25, 0.3) is 0 Å².